The molecule has 132 valence electrons. The number of hydrogen-bond donors (Lipinski definition) is 0. The Balaban J connectivity index is 0.00000196. The van der Waals surface area contributed by atoms with Crippen molar-refractivity contribution in [1.82, 2.24) is 0 Å². The first-order valence-corrected chi connectivity index (χ1v) is 9.02. The van der Waals surface area contributed by atoms with Crippen LogP contribution in [0.1, 0.15) is 40.8 Å². The Morgan fingerprint density at radius 1 is 0.538 bits per heavy atom. The van der Waals surface area contributed by atoms with E-state index in [1.54, 1.807) is 0 Å². The van der Waals surface area contributed by atoms with Gasteiger partial charge in [0, 0.05) is 0 Å². The molecule has 0 heteroatoms. The molecule has 0 bridgehead atoms. The van der Waals surface area contributed by atoms with Crippen LogP contribution in [0.4, 0.5) is 0 Å². The quantitative estimate of drug-likeness (QED) is 0.355. The lowest BCUT2D eigenvalue weighted by Crippen LogP contribution is -1.99. The fourth-order valence-corrected chi connectivity index (χ4v) is 3.98. The Morgan fingerprint density at radius 2 is 0.923 bits per heavy atom. The molecule has 0 nitrogen and oxygen atoms in total. The highest BCUT2D eigenvalue weighted by Crippen LogP contribution is 2.30. The van der Waals surface area contributed by atoms with Crippen molar-refractivity contribution in [3.63, 3.8) is 0 Å². The van der Waals surface area contributed by atoms with E-state index in [0.717, 1.165) is 6.42 Å². The van der Waals surface area contributed by atoms with Crippen molar-refractivity contribution >= 4 is 21.5 Å². The number of fused-ring (bicyclic) bond motifs is 2. The molecule has 0 atom stereocenters. The second-order valence-corrected chi connectivity index (χ2v) is 7.19. The minimum Gasteiger partial charge on any atom is -0.0776 e. The van der Waals surface area contributed by atoms with E-state index >= 15 is 0 Å². The lowest BCUT2D eigenvalue weighted by molar-refractivity contribution is 1.12. The Kier molecular flexibility index (Phi) is 4.87. The van der Waals surface area contributed by atoms with E-state index in [0.29, 0.717) is 0 Å². The van der Waals surface area contributed by atoms with E-state index in [2.05, 4.69) is 88.4 Å². The molecule has 0 amide bonds. The van der Waals surface area contributed by atoms with Crippen molar-refractivity contribution in [1.29, 1.82) is 0 Å². The van der Waals surface area contributed by atoms with E-state index in [4.69, 9.17) is 0 Å². The highest BCUT2D eigenvalue weighted by atomic mass is 14.2. The third kappa shape index (κ3) is 2.90. The van der Waals surface area contributed by atoms with Crippen LogP contribution in [0.5, 0.6) is 0 Å². The second-order valence-electron chi connectivity index (χ2n) is 7.19. The summed E-state index contributed by atoms with van der Waals surface area (Å²) in [6.45, 7) is 9.03. The first-order chi connectivity index (χ1) is 12.1. The third-order valence-corrected chi connectivity index (χ3v) is 5.86. The van der Waals surface area contributed by atoms with E-state index in [1.807, 2.05) is 0 Å². The summed E-state index contributed by atoms with van der Waals surface area (Å²) in [4.78, 5) is 0. The zero-order valence-electron chi connectivity index (χ0n) is 15.5. The summed E-state index contributed by atoms with van der Waals surface area (Å²) >= 11 is 0. The molecule has 0 heterocycles. The van der Waals surface area contributed by atoms with Gasteiger partial charge in [-0.1, -0.05) is 68.1 Å². The maximum atomic E-state index is 2.38. The van der Waals surface area contributed by atoms with Gasteiger partial charge in [-0.2, -0.15) is 0 Å². The molecule has 0 unspecified atom stereocenters. The first kappa shape index (κ1) is 18.2. The lowest BCUT2D eigenvalue weighted by Gasteiger charge is -2.16. The van der Waals surface area contributed by atoms with Gasteiger partial charge in [-0.15, -0.1) is 0 Å². The van der Waals surface area contributed by atoms with Crippen LogP contribution < -0.4 is 0 Å². The first-order valence-electron chi connectivity index (χ1n) is 9.02. The molecule has 0 radical (unpaired) electrons. The largest absolute Gasteiger partial charge is 0.0776 e. The van der Waals surface area contributed by atoms with Crippen LogP contribution in [0.2, 0.25) is 0 Å². The third-order valence-electron chi connectivity index (χ3n) is 5.86. The zero-order valence-corrected chi connectivity index (χ0v) is 15.5. The van der Waals surface area contributed by atoms with Crippen molar-refractivity contribution in [3.8, 4) is 0 Å². The van der Waals surface area contributed by atoms with Crippen molar-refractivity contribution < 1.29 is 0 Å². The molecular formula is C26H28. The molecule has 0 N–H and O–H groups in total. The van der Waals surface area contributed by atoms with Gasteiger partial charge in [0.05, 0.1) is 0 Å². The molecule has 0 aliphatic rings. The second kappa shape index (κ2) is 6.96. The molecule has 4 rings (SSSR count). The Hall–Kier alpha value is -2.60. The van der Waals surface area contributed by atoms with Gasteiger partial charge in [0.15, 0.2) is 0 Å². The summed E-state index contributed by atoms with van der Waals surface area (Å²) in [6, 6.07) is 22.2. The minimum absolute atomic E-state index is 0. The molecule has 0 spiro atoms. The molecule has 0 saturated carbocycles. The Bertz CT molecular complexity index is 1010. The van der Waals surface area contributed by atoms with Crippen LogP contribution >= 0.6 is 0 Å². The van der Waals surface area contributed by atoms with Crippen molar-refractivity contribution in [2.45, 2.75) is 41.5 Å². The normalized spacial score (nSPS) is 10.9. The number of aryl methyl sites for hydroxylation is 2. The minimum atomic E-state index is 0. The van der Waals surface area contributed by atoms with Gasteiger partial charge in [0.2, 0.25) is 0 Å². The number of rotatable bonds is 2. The molecule has 0 saturated heterocycles. The van der Waals surface area contributed by atoms with Gasteiger partial charge in [-0.25, -0.2) is 0 Å². The summed E-state index contributed by atoms with van der Waals surface area (Å²) in [6.07, 6.45) is 0.995. The van der Waals surface area contributed by atoms with E-state index < -0.39 is 0 Å². The smallest absolute Gasteiger partial charge is 0.00199 e. The van der Waals surface area contributed by atoms with Crippen LogP contribution in [-0.2, 0) is 6.42 Å². The Labute approximate surface area is 157 Å². The molecular weight excluding hydrogens is 312 g/mol. The average molecular weight is 341 g/mol. The van der Waals surface area contributed by atoms with Crippen LogP contribution in [0.3, 0.4) is 0 Å². The monoisotopic (exact) mass is 340 g/mol. The predicted octanol–water partition coefficient (Wildman–Crippen LogP) is 7.45. The highest BCUT2D eigenvalue weighted by molar-refractivity contribution is 5.89. The van der Waals surface area contributed by atoms with Gasteiger partial charge < -0.3 is 0 Å². The van der Waals surface area contributed by atoms with E-state index in [1.165, 1.54) is 54.9 Å². The molecule has 0 aliphatic heterocycles. The van der Waals surface area contributed by atoms with Crippen molar-refractivity contribution in [2.75, 3.05) is 0 Å². The summed E-state index contributed by atoms with van der Waals surface area (Å²) < 4.78 is 0. The SMILES string of the molecule is C.Cc1c(Cc2cc3ccccc3c(C)c2C)cc2ccccc2c1C. The summed E-state index contributed by atoms with van der Waals surface area (Å²) in [5.41, 5.74) is 8.53. The topological polar surface area (TPSA) is 0 Å². The van der Waals surface area contributed by atoms with Crippen LogP contribution in [0, 0.1) is 27.7 Å². The van der Waals surface area contributed by atoms with E-state index in [9.17, 15) is 0 Å². The molecule has 0 fully saturated rings. The van der Waals surface area contributed by atoms with Gasteiger partial charge in [-0.3, -0.25) is 0 Å². The fraction of sp³-hybridized carbons (Fsp3) is 0.231. The standard InChI is InChI=1S/C25H24.CH4/c1-16-18(3)24-11-7-5-9-20(24)13-22(16)15-23-14-21-10-6-8-12-25(21)19(4)17(23)2;/h5-14H,15H2,1-4H3;1H4. The number of hydrogen-bond acceptors (Lipinski definition) is 0. The predicted molar refractivity (Wildman–Crippen MR) is 116 cm³/mol. The van der Waals surface area contributed by atoms with Gasteiger partial charge >= 0.3 is 0 Å². The lowest BCUT2D eigenvalue weighted by atomic mass is 9.88. The van der Waals surface area contributed by atoms with Crippen molar-refractivity contribution in [3.05, 3.63) is 94.0 Å². The fourth-order valence-electron chi connectivity index (χ4n) is 3.98. The highest BCUT2D eigenvalue weighted by Gasteiger charge is 2.11. The van der Waals surface area contributed by atoms with E-state index in [-0.39, 0.29) is 7.43 Å². The molecule has 0 aromatic heterocycles. The maximum absolute atomic E-state index is 2.38. The Morgan fingerprint density at radius 3 is 1.35 bits per heavy atom. The summed E-state index contributed by atoms with van der Waals surface area (Å²) in [5.74, 6) is 0. The molecule has 26 heavy (non-hydrogen) atoms. The maximum Gasteiger partial charge on any atom is -0.00199 e. The van der Waals surface area contributed by atoms with Gasteiger partial charge in [0.1, 0.15) is 0 Å². The number of benzene rings is 4. The molecule has 4 aromatic carbocycles. The van der Waals surface area contributed by atoms with Crippen molar-refractivity contribution in [2.24, 2.45) is 0 Å². The molecule has 4 aromatic rings. The molecule has 0 aliphatic carbocycles. The summed E-state index contributed by atoms with van der Waals surface area (Å²) in [5, 5.41) is 5.43. The zero-order chi connectivity index (χ0) is 17.6. The van der Waals surface area contributed by atoms with Gasteiger partial charge in [0.25, 0.3) is 0 Å². The summed E-state index contributed by atoms with van der Waals surface area (Å²) in [7, 11) is 0. The van der Waals surface area contributed by atoms with Gasteiger partial charge in [-0.05, 0) is 89.0 Å². The average Bonchev–Trinajstić information content (AvgIpc) is 2.63. The van der Waals surface area contributed by atoms with Crippen LogP contribution in [0.25, 0.3) is 21.5 Å². The van der Waals surface area contributed by atoms with Crippen LogP contribution in [-0.4, -0.2) is 0 Å². The van der Waals surface area contributed by atoms with Crippen LogP contribution in [0.15, 0.2) is 60.7 Å².